The molecule has 8 nitrogen and oxygen atoms in total. The molecule has 0 bridgehead atoms. The molecule has 0 spiro atoms. The van der Waals surface area contributed by atoms with E-state index in [1.165, 1.54) is 21.3 Å². The lowest BCUT2D eigenvalue weighted by atomic mass is 10.1. The van der Waals surface area contributed by atoms with Crippen LogP contribution in [0.5, 0.6) is 0 Å². The third-order valence-electron chi connectivity index (χ3n) is 5.87. The molecule has 0 unspecified atom stereocenters. The van der Waals surface area contributed by atoms with Crippen LogP contribution in [-0.2, 0) is 28.7 Å². The molecule has 1 aliphatic rings. The second-order valence-electron chi connectivity index (χ2n) is 8.01. The van der Waals surface area contributed by atoms with Crippen LogP contribution >= 0.6 is 0 Å². The van der Waals surface area contributed by atoms with Crippen LogP contribution in [0.25, 0.3) is 16.7 Å². The number of aromatic nitrogens is 2. The molecule has 0 saturated heterocycles. The first-order chi connectivity index (χ1) is 16.6. The molecule has 4 aromatic rings. The zero-order chi connectivity index (χ0) is 25.1. The Hall–Kier alpha value is -4.25. The quantitative estimate of drug-likeness (QED) is 0.451. The van der Waals surface area contributed by atoms with E-state index in [1.807, 2.05) is 0 Å². The number of carbonyl (C=O) groups excluding carboxylic acids is 1. The molecule has 1 amide bonds. The molecule has 5 rings (SSSR count). The maximum Gasteiger partial charge on any atom is 0.328 e. The van der Waals surface area contributed by atoms with Gasteiger partial charge in [-0.2, -0.15) is 0 Å². The van der Waals surface area contributed by atoms with Crippen LogP contribution < -0.4 is 16.3 Å². The van der Waals surface area contributed by atoms with Crippen LogP contribution in [0.1, 0.15) is 5.56 Å². The van der Waals surface area contributed by atoms with Gasteiger partial charge < -0.3 is 10.6 Å². The molecule has 3 aromatic carbocycles. The van der Waals surface area contributed by atoms with Crippen LogP contribution in [-0.4, -0.2) is 23.5 Å². The topological polar surface area (TPSA) is 102 Å². The predicted octanol–water partition coefficient (Wildman–Crippen LogP) is 3.36. The highest BCUT2D eigenvalue weighted by Crippen LogP contribution is 2.40. The maximum atomic E-state index is 14.2. The molecule has 0 radical (unpaired) electrons. The number of nitrogens with one attached hydrogen (secondary N) is 2. The van der Waals surface area contributed by atoms with Crippen molar-refractivity contribution >= 4 is 43.8 Å². The Morgan fingerprint density at radius 1 is 0.914 bits per heavy atom. The van der Waals surface area contributed by atoms with Crippen molar-refractivity contribution in [2.24, 2.45) is 14.1 Å². The van der Waals surface area contributed by atoms with E-state index in [1.54, 1.807) is 44.4 Å². The SMILES string of the molecule is Cn1c(=O)n(C)c2cc(NC3=C(C(=O)Nc4ccc(F)cc4F)S(=O)(=O)c4ccccc43)ccc21. The average Bonchev–Trinajstić information content (AvgIpc) is 3.18. The molecule has 11 heteroatoms. The second kappa shape index (κ2) is 7.91. The van der Waals surface area contributed by atoms with Crippen molar-refractivity contribution in [2.45, 2.75) is 4.90 Å². The summed E-state index contributed by atoms with van der Waals surface area (Å²) in [6.45, 7) is 0. The van der Waals surface area contributed by atoms with Gasteiger partial charge in [0.15, 0.2) is 4.91 Å². The van der Waals surface area contributed by atoms with Gasteiger partial charge in [0.25, 0.3) is 5.91 Å². The number of carbonyl (C=O) groups is 1. The number of rotatable bonds is 4. The van der Waals surface area contributed by atoms with Crippen LogP contribution in [0.2, 0.25) is 0 Å². The van der Waals surface area contributed by atoms with E-state index in [4.69, 9.17) is 0 Å². The Bertz CT molecular complexity index is 1750. The molecule has 35 heavy (non-hydrogen) atoms. The van der Waals surface area contributed by atoms with Gasteiger partial charge in [-0.25, -0.2) is 22.0 Å². The number of anilines is 2. The summed E-state index contributed by atoms with van der Waals surface area (Å²) in [4.78, 5) is 24.7. The summed E-state index contributed by atoms with van der Waals surface area (Å²) in [5.74, 6) is -2.96. The number of aryl methyl sites for hydroxylation is 2. The Balaban J connectivity index is 1.64. The van der Waals surface area contributed by atoms with E-state index in [0.717, 1.165) is 12.1 Å². The summed E-state index contributed by atoms with van der Waals surface area (Å²) in [7, 11) is -1.01. The highest BCUT2D eigenvalue weighted by molar-refractivity contribution is 7.97. The fourth-order valence-electron chi connectivity index (χ4n) is 4.13. The van der Waals surface area contributed by atoms with Crippen molar-refractivity contribution in [3.63, 3.8) is 0 Å². The van der Waals surface area contributed by atoms with E-state index in [9.17, 15) is 26.8 Å². The van der Waals surface area contributed by atoms with Gasteiger partial charge in [0, 0.05) is 31.4 Å². The van der Waals surface area contributed by atoms with E-state index in [0.29, 0.717) is 22.8 Å². The highest BCUT2D eigenvalue weighted by atomic mass is 32.2. The zero-order valence-corrected chi connectivity index (χ0v) is 19.3. The lowest BCUT2D eigenvalue weighted by Crippen LogP contribution is -2.21. The molecular weight excluding hydrogens is 478 g/mol. The molecule has 178 valence electrons. The van der Waals surface area contributed by atoms with Crippen LogP contribution in [0.3, 0.4) is 0 Å². The van der Waals surface area contributed by atoms with E-state index < -0.39 is 32.3 Å². The Morgan fingerprint density at radius 2 is 1.63 bits per heavy atom. The third kappa shape index (κ3) is 3.51. The molecule has 0 atom stereocenters. The number of amides is 1. The summed E-state index contributed by atoms with van der Waals surface area (Å²) in [5, 5.41) is 5.23. The highest BCUT2D eigenvalue weighted by Gasteiger charge is 2.40. The largest absolute Gasteiger partial charge is 0.354 e. The maximum absolute atomic E-state index is 14.2. The number of halogens is 2. The minimum atomic E-state index is -4.26. The second-order valence-corrected chi connectivity index (χ2v) is 9.87. The van der Waals surface area contributed by atoms with Gasteiger partial charge in [0.1, 0.15) is 11.6 Å². The van der Waals surface area contributed by atoms with E-state index in [-0.39, 0.29) is 27.5 Å². The summed E-state index contributed by atoms with van der Waals surface area (Å²) in [5.41, 5.74) is 1.36. The van der Waals surface area contributed by atoms with Crippen molar-refractivity contribution in [2.75, 3.05) is 10.6 Å². The predicted molar refractivity (Wildman–Crippen MR) is 127 cm³/mol. The smallest absolute Gasteiger partial charge is 0.328 e. The molecule has 0 fully saturated rings. The number of nitrogens with zero attached hydrogens (tertiary/aromatic N) is 2. The minimum absolute atomic E-state index is 0.000834. The van der Waals surface area contributed by atoms with Gasteiger partial charge in [0.2, 0.25) is 9.84 Å². The Kier molecular flexibility index (Phi) is 5.09. The van der Waals surface area contributed by atoms with Crippen molar-refractivity contribution in [3.8, 4) is 0 Å². The normalized spacial score (nSPS) is 14.3. The monoisotopic (exact) mass is 496 g/mol. The summed E-state index contributed by atoms with van der Waals surface area (Å²) >= 11 is 0. The van der Waals surface area contributed by atoms with Crippen molar-refractivity contribution in [3.05, 3.63) is 93.3 Å². The first-order valence-corrected chi connectivity index (χ1v) is 11.9. The van der Waals surface area contributed by atoms with Crippen LogP contribution in [0.4, 0.5) is 20.2 Å². The Morgan fingerprint density at radius 3 is 2.37 bits per heavy atom. The number of benzene rings is 3. The number of imidazole rings is 1. The molecule has 0 saturated carbocycles. The number of hydrogen-bond acceptors (Lipinski definition) is 5. The summed E-state index contributed by atoms with van der Waals surface area (Å²) in [6, 6.07) is 13.6. The summed E-state index contributed by atoms with van der Waals surface area (Å²) < 4.78 is 57.0. The number of fused-ring (bicyclic) bond motifs is 2. The first-order valence-electron chi connectivity index (χ1n) is 10.4. The minimum Gasteiger partial charge on any atom is -0.354 e. The van der Waals surface area contributed by atoms with Crippen molar-refractivity contribution < 1.29 is 22.0 Å². The molecular formula is C24H18F2N4O4S. The van der Waals surface area contributed by atoms with Crippen LogP contribution in [0.15, 0.2) is 75.3 Å². The number of hydrogen-bond donors (Lipinski definition) is 2. The first kappa shape index (κ1) is 22.5. The lowest BCUT2D eigenvalue weighted by Gasteiger charge is -2.12. The lowest BCUT2D eigenvalue weighted by molar-refractivity contribution is -0.112. The van der Waals surface area contributed by atoms with Crippen molar-refractivity contribution in [1.82, 2.24) is 9.13 Å². The average molecular weight is 496 g/mol. The van der Waals surface area contributed by atoms with Gasteiger partial charge in [-0.05, 0) is 36.4 Å². The van der Waals surface area contributed by atoms with Gasteiger partial charge in [-0.15, -0.1) is 0 Å². The van der Waals surface area contributed by atoms with Crippen molar-refractivity contribution in [1.29, 1.82) is 0 Å². The molecule has 0 aliphatic carbocycles. The van der Waals surface area contributed by atoms with E-state index >= 15 is 0 Å². The van der Waals surface area contributed by atoms with Gasteiger partial charge in [-0.3, -0.25) is 13.9 Å². The van der Waals surface area contributed by atoms with E-state index in [2.05, 4.69) is 10.6 Å². The zero-order valence-electron chi connectivity index (χ0n) is 18.5. The molecule has 1 aromatic heterocycles. The summed E-state index contributed by atoms with van der Waals surface area (Å²) in [6.07, 6.45) is 0. The van der Waals surface area contributed by atoms with Crippen LogP contribution in [0, 0.1) is 11.6 Å². The fourth-order valence-corrected chi connectivity index (χ4v) is 5.79. The fraction of sp³-hybridized carbons (Fsp3) is 0.0833. The molecule has 2 heterocycles. The molecule has 1 aliphatic heterocycles. The Labute approximate surface area is 198 Å². The standard InChI is InChI=1S/C24H18F2N4O4S/c1-29-18-10-8-14(12-19(18)30(2)24(29)32)27-21-15-5-3-4-6-20(15)35(33,34)22(21)23(31)28-17-9-7-13(25)11-16(17)26/h3-12,27H,1-2H3,(H,28,31). The van der Waals surface area contributed by atoms with Gasteiger partial charge in [0.05, 0.1) is 27.3 Å². The third-order valence-corrected chi connectivity index (χ3v) is 7.73. The van der Waals surface area contributed by atoms with Gasteiger partial charge in [-0.1, -0.05) is 18.2 Å². The van der Waals surface area contributed by atoms with Gasteiger partial charge >= 0.3 is 5.69 Å². The molecule has 2 N–H and O–H groups in total. The number of sulfone groups is 1.